The monoisotopic (exact) mass is 328 g/mol. The summed E-state index contributed by atoms with van der Waals surface area (Å²) in [7, 11) is 1.95. The molecule has 5 heteroatoms. The number of amides is 1. The summed E-state index contributed by atoms with van der Waals surface area (Å²) in [6.45, 7) is 1.85. The summed E-state index contributed by atoms with van der Waals surface area (Å²) in [6.07, 6.45) is 5.61. The van der Waals surface area contributed by atoms with E-state index in [-0.39, 0.29) is 12.5 Å². The Morgan fingerprint density at radius 1 is 1.21 bits per heavy atom. The van der Waals surface area contributed by atoms with E-state index in [2.05, 4.69) is 35.3 Å². The van der Waals surface area contributed by atoms with Crippen LogP contribution < -0.4 is 5.73 Å². The van der Waals surface area contributed by atoms with E-state index in [0.29, 0.717) is 17.9 Å². The third kappa shape index (κ3) is 4.49. The molecule has 1 amide bonds. The van der Waals surface area contributed by atoms with E-state index in [9.17, 15) is 4.79 Å². The van der Waals surface area contributed by atoms with E-state index in [4.69, 9.17) is 5.73 Å². The molecule has 3 rings (SSSR count). The van der Waals surface area contributed by atoms with Crippen LogP contribution in [0.2, 0.25) is 0 Å². The number of piperidine rings is 1. The average Bonchev–Trinajstić information content (AvgIpc) is 3.45. The summed E-state index contributed by atoms with van der Waals surface area (Å²) in [5, 5.41) is 0. The minimum Gasteiger partial charge on any atom is -0.370 e. The lowest BCUT2D eigenvalue weighted by atomic mass is 9.90. The lowest BCUT2D eigenvalue weighted by Crippen LogP contribution is -2.41. The van der Waals surface area contributed by atoms with Gasteiger partial charge in [-0.2, -0.15) is 0 Å². The number of guanidine groups is 1. The van der Waals surface area contributed by atoms with E-state index >= 15 is 0 Å². The predicted octanol–water partition coefficient (Wildman–Crippen LogP) is 1.88. The summed E-state index contributed by atoms with van der Waals surface area (Å²) in [5.41, 5.74) is 7.34. The number of carbonyl (C=O) groups excluding carboxylic acids is 1. The summed E-state index contributed by atoms with van der Waals surface area (Å²) < 4.78 is 0. The second-order valence-corrected chi connectivity index (χ2v) is 7.03. The van der Waals surface area contributed by atoms with Crippen molar-refractivity contribution < 1.29 is 4.79 Å². The maximum absolute atomic E-state index is 12.3. The van der Waals surface area contributed by atoms with E-state index in [1.807, 2.05) is 16.8 Å². The van der Waals surface area contributed by atoms with Gasteiger partial charge in [0.1, 0.15) is 6.54 Å². The van der Waals surface area contributed by atoms with E-state index in [1.54, 1.807) is 0 Å². The van der Waals surface area contributed by atoms with Crippen LogP contribution in [0.15, 0.2) is 35.3 Å². The van der Waals surface area contributed by atoms with Crippen LogP contribution in [0.5, 0.6) is 0 Å². The minimum atomic E-state index is 0.0975. The van der Waals surface area contributed by atoms with Gasteiger partial charge in [-0.15, -0.1) is 0 Å². The van der Waals surface area contributed by atoms with E-state index in [0.717, 1.165) is 32.4 Å². The zero-order chi connectivity index (χ0) is 16.9. The highest BCUT2D eigenvalue weighted by Gasteiger charge is 2.28. The Hall–Kier alpha value is -2.04. The smallest absolute Gasteiger partial charge is 0.244 e. The van der Waals surface area contributed by atoms with Gasteiger partial charge in [-0.1, -0.05) is 30.3 Å². The molecule has 1 aromatic rings. The third-order valence-electron chi connectivity index (χ3n) is 5.17. The molecule has 0 radical (unpaired) electrons. The van der Waals surface area contributed by atoms with Crippen molar-refractivity contribution >= 4 is 11.9 Å². The van der Waals surface area contributed by atoms with Gasteiger partial charge in [0.15, 0.2) is 5.96 Å². The van der Waals surface area contributed by atoms with Crippen molar-refractivity contribution in [2.24, 2.45) is 16.6 Å². The largest absolute Gasteiger partial charge is 0.370 e. The Balaban J connectivity index is 1.42. The molecule has 24 heavy (non-hydrogen) atoms. The van der Waals surface area contributed by atoms with Gasteiger partial charge in [-0.05, 0) is 43.6 Å². The first-order valence-corrected chi connectivity index (χ1v) is 8.98. The highest BCUT2D eigenvalue weighted by molar-refractivity contribution is 5.84. The van der Waals surface area contributed by atoms with Crippen LogP contribution in [0.3, 0.4) is 0 Å². The molecule has 2 N–H and O–H groups in total. The van der Waals surface area contributed by atoms with Gasteiger partial charge in [0.25, 0.3) is 0 Å². The fourth-order valence-corrected chi connectivity index (χ4v) is 3.34. The van der Waals surface area contributed by atoms with Crippen molar-refractivity contribution in [1.29, 1.82) is 0 Å². The lowest BCUT2D eigenvalue weighted by molar-refractivity contribution is -0.130. The summed E-state index contributed by atoms with van der Waals surface area (Å²) in [4.78, 5) is 20.5. The molecule has 130 valence electrons. The van der Waals surface area contributed by atoms with Crippen LogP contribution in [0.25, 0.3) is 0 Å². The summed E-state index contributed by atoms with van der Waals surface area (Å²) in [6, 6.07) is 11.1. The normalized spacial score (nSPS) is 19.4. The number of carbonyl (C=O) groups is 1. The molecular weight excluding hydrogens is 300 g/mol. The number of nitrogens with two attached hydrogens (primary N) is 1. The van der Waals surface area contributed by atoms with Crippen LogP contribution in [0, 0.1) is 5.92 Å². The lowest BCUT2D eigenvalue weighted by Gasteiger charge is -2.32. The second kappa shape index (κ2) is 7.69. The van der Waals surface area contributed by atoms with Crippen LogP contribution in [-0.2, 0) is 11.2 Å². The fraction of sp³-hybridized carbons (Fsp3) is 0.579. The number of nitrogens with zero attached hydrogens (tertiary/aromatic N) is 3. The molecular formula is C19H28N4O. The minimum absolute atomic E-state index is 0.0975. The standard InChI is InChI=1S/C19H28N4O/c1-22(17-7-8-17)19(20)21-14-18(24)23-11-9-16(10-12-23)13-15-5-3-2-4-6-15/h2-6,16-17H,7-14H2,1H3,(H2,20,21). The van der Waals surface area contributed by atoms with Gasteiger partial charge in [-0.3, -0.25) is 4.79 Å². The van der Waals surface area contributed by atoms with Crippen molar-refractivity contribution in [2.45, 2.75) is 38.1 Å². The summed E-state index contributed by atoms with van der Waals surface area (Å²) in [5.74, 6) is 1.26. The molecule has 5 nitrogen and oxygen atoms in total. The van der Waals surface area contributed by atoms with Gasteiger partial charge in [0.05, 0.1) is 0 Å². The van der Waals surface area contributed by atoms with Crippen molar-refractivity contribution in [1.82, 2.24) is 9.80 Å². The van der Waals surface area contributed by atoms with Crippen molar-refractivity contribution in [3.05, 3.63) is 35.9 Å². The van der Waals surface area contributed by atoms with Crippen molar-refractivity contribution in [3.63, 3.8) is 0 Å². The Morgan fingerprint density at radius 2 is 1.88 bits per heavy atom. The fourth-order valence-electron chi connectivity index (χ4n) is 3.34. The first-order chi connectivity index (χ1) is 11.6. The molecule has 1 saturated heterocycles. The molecule has 1 aliphatic carbocycles. The zero-order valence-electron chi connectivity index (χ0n) is 14.5. The molecule has 0 bridgehead atoms. The highest BCUT2D eigenvalue weighted by atomic mass is 16.2. The SMILES string of the molecule is CN(C(N)=NCC(=O)N1CCC(Cc2ccccc2)CC1)C1CC1. The van der Waals surface area contributed by atoms with Crippen LogP contribution in [0.4, 0.5) is 0 Å². The maximum atomic E-state index is 12.3. The van der Waals surface area contributed by atoms with Gasteiger partial charge in [0.2, 0.25) is 5.91 Å². The number of hydrogen-bond acceptors (Lipinski definition) is 2. The molecule has 2 fully saturated rings. The Bertz CT molecular complexity index is 574. The summed E-state index contributed by atoms with van der Waals surface area (Å²) >= 11 is 0. The molecule has 1 saturated carbocycles. The highest BCUT2D eigenvalue weighted by Crippen LogP contribution is 2.25. The number of aliphatic imine (C=N–C) groups is 1. The third-order valence-corrected chi connectivity index (χ3v) is 5.17. The predicted molar refractivity (Wildman–Crippen MR) is 96.7 cm³/mol. The molecule has 2 aliphatic rings. The molecule has 0 unspecified atom stereocenters. The van der Waals surface area contributed by atoms with Crippen LogP contribution in [-0.4, -0.2) is 54.4 Å². The van der Waals surface area contributed by atoms with Gasteiger partial charge < -0.3 is 15.5 Å². The molecule has 1 aromatic carbocycles. The van der Waals surface area contributed by atoms with Gasteiger partial charge in [-0.25, -0.2) is 4.99 Å². The number of hydrogen-bond donors (Lipinski definition) is 1. The molecule has 1 aliphatic heterocycles. The molecule has 0 spiro atoms. The van der Waals surface area contributed by atoms with Gasteiger partial charge in [0, 0.05) is 26.2 Å². The molecule has 1 heterocycles. The van der Waals surface area contributed by atoms with Crippen molar-refractivity contribution in [3.8, 4) is 0 Å². The Labute approximate surface area is 144 Å². The average molecular weight is 328 g/mol. The van der Waals surface area contributed by atoms with E-state index in [1.165, 1.54) is 18.4 Å². The number of benzene rings is 1. The zero-order valence-corrected chi connectivity index (χ0v) is 14.5. The topological polar surface area (TPSA) is 61.9 Å². The maximum Gasteiger partial charge on any atom is 0.244 e. The Morgan fingerprint density at radius 3 is 2.50 bits per heavy atom. The van der Waals surface area contributed by atoms with Crippen LogP contribution in [0.1, 0.15) is 31.2 Å². The van der Waals surface area contributed by atoms with E-state index < -0.39 is 0 Å². The quantitative estimate of drug-likeness (QED) is 0.663. The first-order valence-electron chi connectivity index (χ1n) is 8.98. The first kappa shape index (κ1) is 16.8. The Kier molecular flexibility index (Phi) is 5.38. The number of rotatable bonds is 5. The second-order valence-electron chi connectivity index (χ2n) is 7.03. The molecule has 0 atom stereocenters. The van der Waals surface area contributed by atoms with Gasteiger partial charge >= 0.3 is 0 Å². The van der Waals surface area contributed by atoms with Crippen LogP contribution >= 0.6 is 0 Å². The number of likely N-dealkylation sites (tertiary alicyclic amines) is 1. The van der Waals surface area contributed by atoms with Crippen molar-refractivity contribution in [2.75, 3.05) is 26.7 Å². The molecule has 0 aromatic heterocycles.